The van der Waals surface area contributed by atoms with Crippen LogP contribution in [0.2, 0.25) is 0 Å². The molecule has 0 aliphatic carbocycles. The first-order valence-electron chi connectivity index (χ1n) is 6.66. The van der Waals surface area contributed by atoms with Crippen molar-refractivity contribution >= 4 is 11.6 Å². The molecule has 0 atom stereocenters. The van der Waals surface area contributed by atoms with Crippen LogP contribution in [0.5, 0.6) is 5.88 Å². The Labute approximate surface area is 123 Å². The molecule has 0 saturated heterocycles. The molecule has 1 amide bonds. The Morgan fingerprint density at radius 1 is 1.33 bits per heavy atom. The number of hydrogen-bond acceptors (Lipinski definition) is 3. The zero-order valence-electron chi connectivity index (χ0n) is 12.2. The summed E-state index contributed by atoms with van der Waals surface area (Å²) in [5, 5.41) is 2.74. The normalized spacial score (nSPS) is 10.5. The van der Waals surface area contributed by atoms with E-state index < -0.39 is 0 Å². The quantitative estimate of drug-likeness (QED) is 0.935. The zero-order chi connectivity index (χ0) is 15.4. The van der Waals surface area contributed by atoms with Crippen LogP contribution in [0.25, 0.3) is 0 Å². The molecule has 0 spiro atoms. The number of aryl methyl sites for hydroxylation is 1. The van der Waals surface area contributed by atoms with Crippen LogP contribution in [-0.2, 0) is 0 Å². The van der Waals surface area contributed by atoms with Gasteiger partial charge in [0.25, 0.3) is 5.91 Å². The van der Waals surface area contributed by atoms with Gasteiger partial charge in [-0.3, -0.25) is 4.79 Å². The average molecular weight is 288 g/mol. The topological polar surface area (TPSA) is 51.2 Å². The average Bonchev–Trinajstić information content (AvgIpc) is 2.40. The molecule has 1 aromatic heterocycles. The predicted molar refractivity (Wildman–Crippen MR) is 79.1 cm³/mol. The van der Waals surface area contributed by atoms with Gasteiger partial charge in [0.15, 0.2) is 0 Å². The van der Waals surface area contributed by atoms with E-state index in [-0.39, 0.29) is 17.8 Å². The number of carbonyl (C=O) groups excluding carboxylic acids is 1. The number of ether oxygens (including phenoxy) is 1. The van der Waals surface area contributed by atoms with E-state index in [9.17, 15) is 9.18 Å². The monoisotopic (exact) mass is 288 g/mol. The molecule has 0 aliphatic rings. The number of amides is 1. The highest BCUT2D eigenvalue weighted by atomic mass is 19.1. The molecule has 0 bridgehead atoms. The summed E-state index contributed by atoms with van der Waals surface area (Å²) in [4.78, 5) is 16.4. The first kappa shape index (κ1) is 15.0. The van der Waals surface area contributed by atoms with E-state index in [1.165, 1.54) is 18.2 Å². The third-order valence-corrected chi connectivity index (χ3v) is 2.80. The van der Waals surface area contributed by atoms with Crippen molar-refractivity contribution in [2.24, 2.45) is 0 Å². The molecular weight excluding hydrogens is 271 g/mol. The third-order valence-electron chi connectivity index (χ3n) is 2.80. The molecule has 2 aromatic rings. The minimum Gasteiger partial charge on any atom is -0.473 e. The highest BCUT2D eigenvalue weighted by molar-refractivity contribution is 6.05. The number of anilines is 1. The van der Waals surface area contributed by atoms with Crippen LogP contribution in [0.15, 0.2) is 36.5 Å². The van der Waals surface area contributed by atoms with Crippen LogP contribution in [-0.4, -0.2) is 17.0 Å². The number of hydrogen-bond donors (Lipinski definition) is 1. The van der Waals surface area contributed by atoms with Crippen molar-refractivity contribution in [3.05, 3.63) is 53.5 Å². The van der Waals surface area contributed by atoms with Crippen LogP contribution in [0.1, 0.15) is 29.8 Å². The second-order valence-corrected chi connectivity index (χ2v) is 4.94. The first-order valence-corrected chi connectivity index (χ1v) is 6.66. The lowest BCUT2D eigenvalue weighted by Crippen LogP contribution is -2.16. The largest absolute Gasteiger partial charge is 0.473 e. The van der Waals surface area contributed by atoms with E-state index in [4.69, 9.17) is 4.74 Å². The molecule has 0 saturated carbocycles. The van der Waals surface area contributed by atoms with Crippen LogP contribution in [0.3, 0.4) is 0 Å². The zero-order valence-corrected chi connectivity index (χ0v) is 12.2. The lowest BCUT2D eigenvalue weighted by atomic mass is 10.1. The Kier molecular flexibility index (Phi) is 4.52. The van der Waals surface area contributed by atoms with Crippen molar-refractivity contribution in [2.75, 3.05) is 5.32 Å². The number of rotatable bonds is 4. The molecule has 0 radical (unpaired) electrons. The smallest absolute Gasteiger partial charge is 0.256 e. The van der Waals surface area contributed by atoms with Crippen molar-refractivity contribution in [2.45, 2.75) is 26.9 Å². The van der Waals surface area contributed by atoms with Gasteiger partial charge < -0.3 is 10.1 Å². The summed E-state index contributed by atoms with van der Waals surface area (Å²) in [6.07, 6.45) is 1.54. The number of benzene rings is 1. The SMILES string of the molecule is Cc1cc(F)ccc1C(=O)Nc1cccnc1OC(C)C. The van der Waals surface area contributed by atoms with Crippen LogP contribution in [0, 0.1) is 12.7 Å². The van der Waals surface area contributed by atoms with Crippen LogP contribution >= 0.6 is 0 Å². The Morgan fingerprint density at radius 3 is 2.76 bits per heavy atom. The number of pyridine rings is 1. The van der Waals surface area contributed by atoms with Crippen molar-refractivity contribution in [3.8, 4) is 5.88 Å². The molecule has 1 heterocycles. The van der Waals surface area contributed by atoms with Gasteiger partial charge in [0, 0.05) is 11.8 Å². The van der Waals surface area contributed by atoms with E-state index in [0.717, 1.165) is 0 Å². The minimum atomic E-state index is -0.366. The van der Waals surface area contributed by atoms with Gasteiger partial charge in [0.2, 0.25) is 5.88 Å². The second kappa shape index (κ2) is 6.35. The van der Waals surface area contributed by atoms with Crippen molar-refractivity contribution in [1.82, 2.24) is 4.98 Å². The number of nitrogens with zero attached hydrogens (tertiary/aromatic N) is 1. The van der Waals surface area contributed by atoms with Gasteiger partial charge in [-0.2, -0.15) is 0 Å². The second-order valence-electron chi connectivity index (χ2n) is 4.94. The summed E-state index contributed by atoms with van der Waals surface area (Å²) in [5.74, 6) is -0.330. The molecule has 0 aliphatic heterocycles. The molecule has 0 fully saturated rings. The molecule has 21 heavy (non-hydrogen) atoms. The molecule has 0 unspecified atom stereocenters. The summed E-state index contributed by atoms with van der Waals surface area (Å²) < 4.78 is 18.6. The maximum atomic E-state index is 13.1. The maximum Gasteiger partial charge on any atom is 0.256 e. The van der Waals surface area contributed by atoms with Crippen LogP contribution < -0.4 is 10.1 Å². The molecule has 110 valence electrons. The van der Waals surface area contributed by atoms with Gasteiger partial charge in [-0.25, -0.2) is 9.37 Å². The third kappa shape index (κ3) is 3.78. The maximum absolute atomic E-state index is 13.1. The Morgan fingerprint density at radius 2 is 2.10 bits per heavy atom. The number of nitrogens with one attached hydrogen (secondary N) is 1. The molecule has 1 N–H and O–H groups in total. The van der Waals surface area contributed by atoms with E-state index in [0.29, 0.717) is 22.7 Å². The summed E-state index contributed by atoms with van der Waals surface area (Å²) >= 11 is 0. The van der Waals surface area contributed by atoms with Crippen molar-refractivity contribution in [1.29, 1.82) is 0 Å². The predicted octanol–water partition coefficient (Wildman–Crippen LogP) is 3.57. The number of aromatic nitrogens is 1. The van der Waals surface area contributed by atoms with Gasteiger partial charge in [-0.1, -0.05) is 0 Å². The summed E-state index contributed by atoms with van der Waals surface area (Å²) in [5.41, 5.74) is 1.47. The summed E-state index contributed by atoms with van der Waals surface area (Å²) in [6.45, 7) is 5.45. The lowest BCUT2D eigenvalue weighted by Gasteiger charge is -2.14. The standard InChI is InChI=1S/C16H17FN2O2/c1-10(2)21-16-14(5-4-8-18-16)19-15(20)13-7-6-12(17)9-11(13)3/h4-10H,1-3H3,(H,19,20). The number of carbonyl (C=O) groups is 1. The van der Waals surface area contributed by atoms with Crippen molar-refractivity contribution < 1.29 is 13.9 Å². The van der Waals surface area contributed by atoms with E-state index in [1.54, 1.807) is 25.3 Å². The fourth-order valence-electron chi connectivity index (χ4n) is 1.87. The van der Waals surface area contributed by atoms with E-state index in [1.807, 2.05) is 13.8 Å². The van der Waals surface area contributed by atoms with Gasteiger partial charge >= 0.3 is 0 Å². The molecule has 1 aromatic carbocycles. The number of halogens is 1. The van der Waals surface area contributed by atoms with Gasteiger partial charge in [-0.15, -0.1) is 0 Å². The Bertz CT molecular complexity index is 656. The Balaban J connectivity index is 2.23. The summed E-state index contributed by atoms with van der Waals surface area (Å²) in [7, 11) is 0. The Hall–Kier alpha value is -2.43. The van der Waals surface area contributed by atoms with Crippen LogP contribution in [0.4, 0.5) is 10.1 Å². The highest BCUT2D eigenvalue weighted by Gasteiger charge is 2.13. The first-order chi connectivity index (χ1) is 9.97. The molecule has 2 rings (SSSR count). The minimum absolute atomic E-state index is 0.0527. The van der Waals surface area contributed by atoms with E-state index >= 15 is 0 Å². The molecule has 5 heteroatoms. The fourth-order valence-corrected chi connectivity index (χ4v) is 1.87. The fraction of sp³-hybridized carbons (Fsp3) is 0.250. The van der Waals surface area contributed by atoms with Crippen molar-refractivity contribution in [3.63, 3.8) is 0 Å². The highest BCUT2D eigenvalue weighted by Crippen LogP contribution is 2.23. The van der Waals surface area contributed by atoms with Gasteiger partial charge in [0.1, 0.15) is 11.5 Å². The van der Waals surface area contributed by atoms with Gasteiger partial charge in [0.05, 0.1) is 6.10 Å². The summed E-state index contributed by atoms with van der Waals surface area (Å²) in [6, 6.07) is 7.46. The van der Waals surface area contributed by atoms with E-state index in [2.05, 4.69) is 10.3 Å². The molecule has 4 nitrogen and oxygen atoms in total. The lowest BCUT2D eigenvalue weighted by molar-refractivity contribution is 0.102. The molecular formula is C16H17FN2O2. The van der Waals surface area contributed by atoms with Gasteiger partial charge in [-0.05, 0) is 56.7 Å².